The number of nitrogens with zero attached hydrogens (tertiary/aromatic N) is 1. The first-order valence-corrected chi connectivity index (χ1v) is 12.4. The zero-order valence-corrected chi connectivity index (χ0v) is 19.9. The monoisotopic (exact) mass is 409 g/mol. The van der Waals surface area contributed by atoms with E-state index in [4.69, 9.17) is 0 Å². The van der Waals surface area contributed by atoms with Gasteiger partial charge in [0.2, 0.25) is 5.91 Å². The quantitative estimate of drug-likeness (QED) is 0.178. The largest absolute Gasteiger partial charge is 0.355 e. The van der Waals surface area contributed by atoms with Crippen molar-refractivity contribution in [3.05, 3.63) is 12.2 Å². The zero-order valence-electron chi connectivity index (χ0n) is 19.9. The van der Waals surface area contributed by atoms with Crippen molar-refractivity contribution in [3.8, 4) is 0 Å². The highest BCUT2D eigenvalue weighted by molar-refractivity contribution is 5.76. The summed E-state index contributed by atoms with van der Waals surface area (Å²) in [7, 11) is 4.03. The number of nitrogens with one attached hydrogen (secondary N) is 2. The van der Waals surface area contributed by atoms with Gasteiger partial charge in [0, 0.05) is 26.1 Å². The lowest BCUT2D eigenvalue weighted by Crippen LogP contribution is -2.33. The Balaban J connectivity index is 3.16. The van der Waals surface area contributed by atoms with Gasteiger partial charge >= 0.3 is 0 Å². The molecule has 0 aliphatic carbocycles. The number of unbranched alkanes of at least 4 members (excludes halogenated alkanes) is 12. The summed E-state index contributed by atoms with van der Waals surface area (Å²) in [4.78, 5) is 13.7. The van der Waals surface area contributed by atoms with Crippen molar-refractivity contribution in [2.45, 2.75) is 103 Å². The predicted molar refractivity (Wildman–Crippen MR) is 129 cm³/mol. The molecule has 0 heterocycles. The minimum absolute atomic E-state index is 0.153. The Bertz CT molecular complexity index is 369. The second-order valence-corrected chi connectivity index (χ2v) is 8.59. The van der Waals surface area contributed by atoms with E-state index in [-0.39, 0.29) is 5.91 Å². The smallest absolute Gasteiger partial charge is 0.221 e. The van der Waals surface area contributed by atoms with Crippen molar-refractivity contribution in [2.24, 2.45) is 0 Å². The topological polar surface area (TPSA) is 44.4 Å². The van der Waals surface area contributed by atoms with Crippen LogP contribution in [0.2, 0.25) is 0 Å². The number of hydrogen-bond acceptors (Lipinski definition) is 3. The van der Waals surface area contributed by atoms with Crippen molar-refractivity contribution in [3.63, 3.8) is 0 Å². The van der Waals surface area contributed by atoms with Gasteiger partial charge in [-0.25, -0.2) is 0 Å². The minimum atomic E-state index is 0.153. The maximum Gasteiger partial charge on any atom is 0.221 e. The molecule has 0 aromatic heterocycles. The first-order chi connectivity index (χ1) is 14.2. The molecule has 0 aliphatic rings. The number of likely N-dealkylation sites (N-methyl/N-ethyl adjacent to an activating group) is 1. The molecule has 1 amide bonds. The highest BCUT2D eigenvalue weighted by atomic mass is 16.1. The second-order valence-electron chi connectivity index (χ2n) is 8.59. The Kier molecular flexibility index (Phi) is 22.7. The molecule has 0 saturated carbocycles. The Morgan fingerprint density at radius 2 is 1.28 bits per heavy atom. The molecule has 0 unspecified atom stereocenters. The first-order valence-electron chi connectivity index (χ1n) is 12.4. The van der Waals surface area contributed by atoms with E-state index in [1.807, 2.05) is 14.1 Å². The third-order valence-electron chi connectivity index (χ3n) is 5.28. The lowest BCUT2D eigenvalue weighted by atomic mass is 10.1. The molecule has 29 heavy (non-hydrogen) atoms. The summed E-state index contributed by atoms with van der Waals surface area (Å²) in [6, 6.07) is 0. The molecule has 0 radical (unpaired) electrons. The molecule has 0 aromatic carbocycles. The van der Waals surface area contributed by atoms with Crippen LogP contribution in [0.5, 0.6) is 0 Å². The van der Waals surface area contributed by atoms with Gasteiger partial charge in [-0.15, -0.1) is 0 Å². The van der Waals surface area contributed by atoms with Gasteiger partial charge in [-0.05, 0) is 52.7 Å². The summed E-state index contributed by atoms with van der Waals surface area (Å²) < 4.78 is 0. The fourth-order valence-corrected chi connectivity index (χ4v) is 3.33. The third kappa shape index (κ3) is 25.1. The lowest BCUT2D eigenvalue weighted by Gasteiger charge is -2.10. The Morgan fingerprint density at radius 3 is 1.86 bits per heavy atom. The summed E-state index contributed by atoms with van der Waals surface area (Å²) in [5, 5.41) is 6.33. The third-order valence-corrected chi connectivity index (χ3v) is 5.28. The van der Waals surface area contributed by atoms with Gasteiger partial charge in [0.05, 0.1) is 0 Å². The second kappa shape index (κ2) is 23.4. The van der Waals surface area contributed by atoms with Gasteiger partial charge in [-0.3, -0.25) is 4.79 Å². The number of carbonyl (C=O) groups is 1. The molecule has 4 nitrogen and oxygen atoms in total. The molecule has 2 N–H and O–H groups in total. The predicted octanol–water partition coefficient (Wildman–Crippen LogP) is 5.68. The molecule has 0 rings (SSSR count). The first kappa shape index (κ1) is 28.1. The molecule has 0 bridgehead atoms. The SMILES string of the molecule is CCCCCCCC/C=C\CCCCCCCCNCCC(=O)NCCN(C)C. The number of allylic oxidation sites excluding steroid dienone is 2. The van der Waals surface area contributed by atoms with Crippen LogP contribution in [0.3, 0.4) is 0 Å². The van der Waals surface area contributed by atoms with Crippen LogP contribution in [0.1, 0.15) is 103 Å². The van der Waals surface area contributed by atoms with E-state index in [0.29, 0.717) is 6.42 Å². The summed E-state index contributed by atoms with van der Waals surface area (Å²) in [6.45, 7) is 5.74. The van der Waals surface area contributed by atoms with Crippen LogP contribution in [0.15, 0.2) is 12.2 Å². The fourth-order valence-electron chi connectivity index (χ4n) is 3.33. The Morgan fingerprint density at radius 1 is 0.724 bits per heavy atom. The molecular formula is C25H51N3O. The molecule has 172 valence electrons. The van der Waals surface area contributed by atoms with E-state index in [1.54, 1.807) is 0 Å². The van der Waals surface area contributed by atoms with Gasteiger partial charge < -0.3 is 15.5 Å². The van der Waals surface area contributed by atoms with Crippen LogP contribution < -0.4 is 10.6 Å². The van der Waals surface area contributed by atoms with Crippen molar-refractivity contribution in [2.75, 3.05) is 40.3 Å². The summed E-state index contributed by atoms with van der Waals surface area (Å²) in [5.41, 5.74) is 0. The van der Waals surface area contributed by atoms with Crippen LogP contribution in [0, 0.1) is 0 Å². The zero-order chi connectivity index (χ0) is 21.4. The van der Waals surface area contributed by atoms with Crippen molar-refractivity contribution < 1.29 is 4.79 Å². The minimum Gasteiger partial charge on any atom is -0.355 e. The van der Waals surface area contributed by atoms with Crippen LogP contribution in [-0.4, -0.2) is 51.1 Å². The summed E-state index contributed by atoms with van der Waals surface area (Å²) >= 11 is 0. The fraction of sp³-hybridized carbons (Fsp3) is 0.880. The van der Waals surface area contributed by atoms with Crippen molar-refractivity contribution >= 4 is 5.91 Å². The van der Waals surface area contributed by atoms with Crippen LogP contribution in [0.25, 0.3) is 0 Å². The maximum atomic E-state index is 11.6. The normalized spacial score (nSPS) is 11.6. The number of amides is 1. The molecule has 0 fully saturated rings. The van der Waals surface area contributed by atoms with E-state index >= 15 is 0 Å². The van der Waals surface area contributed by atoms with E-state index < -0.39 is 0 Å². The van der Waals surface area contributed by atoms with Gasteiger partial charge in [0.25, 0.3) is 0 Å². The highest BCUT2D eigenvalue weighted by Gasteiger charge is 2.00. The maximum absolute atomic E-state index is 11.6. The highest BCUT2D eigenvalue weighted by Crippen LogP contribution is 2.09. The molecule has 0 atom stereocenters. The number of carbonyl (C=O) groups excluding carboxylic acids is 1. The van der Waals surface area contributed by atoms with Crippen molar-refractivity contribution in [1.29, 1.82) is 0 Å². The molecule has 4 heteroatoms. The van der Waals surface area contributed by atoms with Crippen molar-refractivity contribution in [1.82, 2.24) is 15.5 Å². The molecule has 0 spiro atoms. The standard InChI is InChI=1S/C25H51N3O/c1-4-5-6-7-8-9-10-11-12-13-14-15-16-17-18-19-21-26-22-20-25(29)27-23-24-28(2)3/h11-12,26H,4-10,13-24H2,1-3H3,(H,27,29)/b12-11-. The molecule has 0 aliphatic heterocycles. The van der Waals surface area contributed by atoms with Gasteiger partial charge in [0.1, 0.15) is 0 Å². The number of rotatable bonds is 22. The van der Waals surface area contributed by atoms with Gasteiger partial charge in [-0.1, -0.05) is 76.9 Å². The molecular weight excluding hydrogens is 358 g/mol. The summed E-state index contributed by atoms with van der Waals surface area (Å²) in [6.07, 6.45) is 24.2. The van der Waals surface area contributed by atoms with E-state index in [0.717, 1.165) is 26.2 Å². The summed E-state index contributed by atoms with van der Waals surface area (Å²) in [5.74, 6) is 0.153. The molecule has 0 saturated heterocycles. The lowest BCUT2D eigenvalue weighted by molar-refractivity contribution is -0.121. The number of hydrogen-bond donors (Lipinski definition) is 2. The molecule has 0 aromatic rings. The Labute approximate surface area is 182 Å². The van der Waals surface area contributed by atoms with Crippen LogP contribution in [-0.2, 0) is 4.79 Å². The van der Waals surface area contributed by atoms with E-state index in [2.05, 4.69) is 34.6 Å². The van der Waals surface area contributed by atoms with E-state index in [1.165, 1.54) is 89.9 Å². The van der Waals surface area contributed by atoms with E-state index in [9.17, 15) is 4.79 Å². The average molecular weight is 410 g/mol. The van der Waals surface area contributed by atoms with Crippen LogP contribution >= 0.6 is 0 Å². The van der Waals surface area contributed by atoms with Crippen LogP contribution in [0.4, 0.5) is 0 Å². The Hall–Kier alpha value is -0.870. The van der Waals surface area contributed by atoms with Gasteiger partial charge in [0.15, 0.2) is 0 Å². The van der Waals surface area contributed by atoms with Gasteiger partial charge in [-0.2, -0.15) is 0 Å². The average Bonchev–Trinajstić information content (AvgIpc) is 2.69.